The van der Waals surface area contributed by atoms with E-state index in [0.29, 0.717) is 32.8 Å². The average Bonchev–Trinajstić information content (AvgIpc) is 3.72. The van der Waals surface area contributed by atoms with Crippen molar-refractivity contribution in [1.82, 2.24) is 25.1 Å². The van der Waals surface area contributed by atoms with Crippen molar-refractivity contribution in [3.63, 3.8) is 0 Å². The van der Waals surface area contributed by atoms with Gasteiger partial charge >= 0.3 is 0 Å². The number of nitrogens with one attached hydrogen (secondary N) is 2. The van der Waals surface area contributed by atoms with Crippen LogP contribution in [-0.2, 0) is 22.7 Å². The largest absolute Gasteiger partial charge is 0.486 e. The third kappa shape index (κ3) is 6.42. The van der Waals surface area contributed by atoms with E-state index in [-0.39, 0.29) is 55.7 Å². The number of halogens is 1. The first-order valence-corrected chi connectivity index (χ1v) is 15.7. The second-order valence-electron chi connectivity index (χ2n) is 11.3. The number of hydrogen-bond donors (Lipinski definition) is 2. The second kappa shape index (κ2) is 12.7. The summed E-state index contributed by atoms with van der Waals surface area (Å²) < 4.78 is 28.8. The van der Waals surface area contributed by atoms with Crippen LogP contribution in [0.3, 0.4) is 0 Å². The summed E-state index contributed by atoms with van der Waals surface area (Å²) in [6.07, 6.45) is 0.662. The molecule has 47 heavy (non-hydrogen) atoms. The van der Waals surface area contributed by atoms with Gasteiger partial charge in [0.15, 0.2) is 6.61 Å². The molecular weight excluding hydrogens is 625 g/mol. The van der Waals surface area contributed by atoms with E-state index in [4.69, 9.17) is 9.47 Å². The zero-order valence-corrected chi connectivity index (χ0v) is 25.7. The molecule has 5 heterocycles. The highest BCUT2D eigenvalue weighted by Crippen LogP contribution is 2.27. The molecule has 3 aliphatic heterocycles. The lowest BCUT2D eigenvalue weighted by Crippen LogP contribution is -2.45. The molecule has 1 fully saturated rings. The monoisotopic (exact) mass is 653 g/mol. The van der Waals surface area contributed by atoms with Crippen LogP contribution >= 0.6 is 11.3 Å². The maximum absolute atomic E-state index is 15.1. The fraction of sp³-hybridized carbons (Fsp3) is 0.206. The van der Waals surface area contributed by atoms with Crippen LogP contribution in [0.4, 0.5) is 4.39 Å². The van der Waals surface area contributed by atoms with E-state index in [2.05, 4.69) is 15.6 Å². The number of rotatable bonds is 2. The SMILES string of the molecule is O=C1COc2cccc(c2)-c2ccc(F)c(c2)C(=O)N[C@H]2CN(C(=O)Cn3cnc4ccsc4c3=O)C[C@@H]2Oc2ccc(cc2)CN1. The lowest BCUT2D eigenvalue weighted by atomic mass is 10.0. The number of benzene rings is 3. The number of fused-ring (bicyclic) bond motifs is 8. The molecule has 8 rings (SSSR count). The van der Waals surface area contributed by atoms with Gasteiger partial charge in [-0.2, -0.15) is 0 Å². The molecule has 13 heteroatoms. The Hall–Kier alpha value is -5.56. The minimum absolute atomic E-state index is 0.0729. The summed E-state index contributed by atoms with van der Waals surface area (Å²) in [6, 6.07) is 19.3. The molecule has 3 amide bonds. The van der Waals surface area contributed by atoms with Crippen LogP contribution in [-0.4, -0.2) is 64.0 Å². The first-order chi connectivity index (χ1) is 22.8. The normalized spacial score (nSPS) is 18.1. The summed E-state index contributed by atoms with van der Waals surface area (Å²) in [6.45, 7) is 0.0152. The van der Waals surface area contributed by atoms with Crippen LogP contribution in [0.15, 0.2) is 89.3 Å². The highest BCUT2D eigenvalue weighted by molar-refractivity contribution is 7.17. The van der Waals surface area contributed by atoms with E-state index < -0.39 is 23.9 Å². The van der Waals surface area contributed by atoms with E-state index >= 15 is 4.39 Å². The molecule has 1 saturated heterocycles. The molecule has 6 bridgehead atoms. The summed E-state index contributed by atoms with van der Waals surface area (Å²) in [4.78, 5) is 58.2. The minimum Gasteiger partial charge on any atom is -0.486 e. The number of thiophene rings is 1. The Balaban J connectivity index is 1.18. The van der Waals surface area contributed by atoms with Crippen molar-refractivity contribution in [3.05, 3.63) is 112 Å². The maximum Gasteiger partial charge on any atom is 0.271 e. The molecule has 0 spiro atoms. The van der Waals surface area contributed by atoms with Crippen molar-refractivity contribution < 1.29 is 28.2 Å². The van der Waals surface area contributed by atoms with Crippen molar-refractivity contribution in [2.75, 3.05) is 19.7 Å². The lowest BCUT2D eigenvalue weighted by molar-refractivity contribution is -0.131. The molecule has 11 nitrogen and oxygen atoms in total. The second-order valence-corrected chi connectivity index (χ2v) is 12.2. The van der Waals surface area contributed by atoms with Crippen molar-refractivity contribution in [2.24, 2.45) is 0 Å². The number of likely N-dealkylation sites (tertiary alicyclic amines) is 1. The average molecular weight is 654 g/mol. The van der Waals surface area contributed by atoms with E-state index in [9.17, 15) is 19.2 Å². The summed E-state index contributed by atoms with van der Waals surface area (Å²) >= 11 is 1.26. The Labute approximate surface area is 271 Å². The summed E-state index contributed by atoms with van der Waals surface area (Å²) in [5.74, 6) is -1.14. The van der Waals surface area contributed by atoms with Gasteiger partial charge in [-0.25, -0.2) is 9.37 Å². The molecular formula is C34H28FN5O6S. The predicted molar refractivity (Wildman–Crippen MR) is 172 cm³/mol. The van der Waals surface area contributed by atoms with Gasteiger partial charge in [-0.15, -0.1) is 11.3 Å². The van der Waals surface area contributed by atoms with E-state index in [1.165, 1.54) is 39.3 Å². The van der Waals surface area contributed by atoms with E-state index in [1.807, 2.05) is 0 Å². The fourth-order valence-electron chi connectivity index (χ4n) is 5.62. The third-order valence-corrected chi connectivity index (χ3v) is 9.02. The quantitative estimate of drug-likeness (QED) is 0.299. The highest BCUT2D eigenvalue weighted by atomic mass is 32.1. The lowest BCUT2D eigenvalue weighted by Gasteiger charge is -2.21. The van der Waals surface area contributed by atoms with Gasteiger partial charge < -0.3 is 25.0 Å². The molecule has 5 aromatic rings. The molecule has 0 saturated carbocycles. The van der Waals surface area contributed by atoms with Crippen LogP contribution < -0.4 is 25.7 Å². The summed E-state index contributed by atoms with van der Waals surface area (Å²) in [7, 11) is 0. The van der Waals surface area contributed by atoms with Crippen LogP contribution in [0.2, 0.25) is 0 Å². The Morgan fingerprint density at radius 3 is 2.66 bits per heavy atom. The van der Waals surface area contributed by atoms with Crippen LogP contribution in [0.5, 0.6) is 11.5 Å². The zero-order chi connectivity index (χ0) is 32.5. The van der Waals surface area contributed by atoms with Gasteiger partial charge in [0.05, 0.1) is 30.0 Å². The first kappa shape index (κ1) is 30.1. The first-order valence-electron chi connectivity index (χ1n) is 14.9. The van der Waals surface area contributed by atoms with Crippen molar-refractivity contribution in [3.8, 4) is 22.6 Å². The maximum atomic E-state index is 15.1. The Kier molecular flexibility index (Phi) is 8.12. The molecule has 0 unspecified atom stereocenters. The van der Waals surface area contributed by atoms with Gasteiger partial charge in [-0.3, -0.25) is 23.7 Å². The summed E-state index contributed by atoms with van der Waals surface area (Å²) in [5.41, 5.74) is 2.13. The molecule has 3 aliphatic rings. The van der Waals surface area contributed by atoms with Gasteiger partial charge in [0.25, 0.3) is 17.4 Å². The topological polar surface area (TPSA) is 132 Å². The van der Waals surface area contributed by atoms with Gasteiger partial charge in [-0.05, 0) is 64.5 Å². The molecule has 0 radical (unpaired) electrons. The highest BCUT2D eigenvalue weighted by Gasteiger charge is 2.38. The van der Waals surface area contributed by atoms with Crippen molar-refractivity contribution in [2.45, 2.75) is 25.2 Å². The van der Waals surface area contributed by atoms with E-state index in [0.717, 1.165) is 5.56 Å². The number of hydrogen-bond acceptors (Lipinski definition) is 8. The van der Waals surface area contributed by atoms with Crippen LogP contribution in [0, 0.1) is 5.82 Å². The number of carbonyl (C=O) groups excluding carboxylic acids is 3. The Morgan fingerprint density at radius 2 is 1.81 bits per heavy atom. The van der Waals surface area contributed by atoms with Crippen molar-refractivity contribution in [1.29, 1.82) is 0 Å². The van der Waals surface area contributed by atoms with Gasteiger partial charge in [-0.1, -0.05) is 30.3 Å². The fourth-order valence-corrected chi connectivity index (χ4v) is 6.42. The van der Waals surface area contributed by atoms with Gasteiger partial charge in [0.2, 0.25) is 5.91 Å². The summed E-state index contributed by atoms with van der Waals surface area (Å²) in [5, 5.41) is 7.48. The Bertz CT molecular complexity index is 2060. The molecule has 238 valence electrons. The molecule has 2 atom stereocenters. The Morgan fingerprint density at radius 1 is 0.979 bits per heavy atom. The van der Waals surface area contributed by atoms with Crippen LogP contribution in [0.1, 0.15) is 15.9 Å². The predicted octanol–water partition coefficient (Wildman–Crippen LogP) is 3.36. The number of ether oxygens (including phenoxy) is 2. The minimum atomic E-state index is -0.715. The van der Waals surface area contributed by atoms with Gasteiger partial charge in [0.1, 0.15) is 34.7 Å². The smallest absolute Gasteiger partial charge is 0.271 e. The standard InChI is InChI=1S/C34H28FN5O6S/c35-26-9-6-22-13-25(26)33(43)38-28-15-39(31(42)17-40-19-37-27-10-11-47-32(27)34(40)44)16-29(28)46-23-7-4-20(5-8-23)14-36-30(41)18-45-24-3-1-2-21(22)12-24/h1-13,19,28-29H,14-18H2,(H,36,41)(H,38,43)/t28-,29-/m0/s1. The number of carbonyl (C=O) groups is 3. The van der Waals surface area contributed by atoms with Crippen LogP contribution in [0.25, 0.3) is 21.3 Å². The third-order valence-electron chi connectivity index (χ3n) is 8.13. The number of aromatic nitrogens is 2. The molecule has 3 aromatic carbocycles. The van der Waals surface area contributed by atoms with Gasteiger partial charge in [0, 0.05) is 13.1 Å². The zero-order valence-electron chi connectivity index (χ0n) is 24.9. The molecule has 2 N–H and O–H groups in total. The molecule has 0 aliphatic carbocycles. The molecule has 2 aromatic heterocycles. The number of amides is 3. The number of nitrogens with zero attached hydrogens (tertiary/aromatic N) is 3. The van der Waals surface area contributed by atoms with Crippen molar-refractivity contribution >= 4 is 39.3 Å². The van der Waals surface area contributed by atoms with E-state index in [1.54, 1.807) is 66.0 Å².